The zero-order valence-electron chi connectivity index (χ0n) is 10.7. The van der Waals surface area contributed by atoms with E-state index in [1.165, 1.54) is 18.5 Å². The van der Waals surface area contributed by atoms with Crippen molar-refractivity contribution >= 4 is 29.4 Å². The molecule has 106 valence electrons. The lowest BCUT2D eigenvalue weighted by Gasteiger charge is -2.01. The van der Waals surface area contributed by atoms with E-state index >= 15 is 0 Å². The van der Waals surface area contributed by atoms with Crippen LogP contribution in [-0.4, -0.2) is 22.7 Å². The molecule has 0 radical (unpaired) electrons. The lowest BCUT2D eigenvalue weighted by molar-refractivity contribution is -0.111. The highest BCUT2D eigenvalue weighted by Crippen LogP contribution is 2.32. The van der Waals surface area contributed by atoms with Crippen molar-refractivity contribution < 1.29 is 14.3 Å². The monoisotopic (exact) mass is 303 g/mol. The average molecular weight is 304 g/mol. The summed E-state index contributed by atoms with van der Waals surface area (Å²) >= 11 is 5.71. The van der Waals surface area contributed by atoms with Crippen molar-refractivity contribution in [2.45, 2.75) is 0 Å². The number of hydrogen-bond donors (Lipinski definition) is 1. The van der Waals surface area contributed by atoms with Gasteiger partial charge < -0.3 is 14.8 Å². The highest BCUT2D eigenvalue weighted by atomic mass is 35.5. The number of anilines is 1. The van der Waals surface area contributed by atoms with Crippen molar-refractivity contribution in [2.75, 3.05) is 12.1 Å². The summed E-state index contributed by atoms with van der Waals surface area (Å²) in [6.07, 6.45) is 4.34. The number of ether oxygens (including phenoxy) is 2. The molecule has 0 unspecified atom stereocenters. The molecule has 1 aliphatic heterocycles. The Balaban J connectivity index is 1.67. The van der Waals surface area contributed by atoms with E-state index in [9.17, 15) is 4.79 Å². The molecule has 0 saturated carbocycles. The van der Waals surface area contributed by atoms with Gasteiger partial charge >= 0.3 is 0 Å². The molecule has 1 aromatic carbocycles. The molecule has 0 bridgehead atoms. The SMILES string of the molecule is O=C(/C=C/c1ccc2c(c1)OCO2)Nc1cc(Cl)ncn1. The van der Waals surface area contributed by atoms with Crippen molar-refractivity contribution in [3.8, 4) is 11.5 Å². The quantitative estimate of drug-likeness (QED) is 0.696. The lowest BCUT2D eigenvalue weighted by atomic mass is 10.2. The number of fused-ring (bicyclic) bond motifs is 1. The Hall–Kier alpha value is -2.60. The molecule has 0 atom stereocenters. The molecule has 2 heterocycles. The van der Waals surface area contributed by atoms with Crippen LogP contribution in [0.1, 0.15) is 5.56 Å². The van der Waals surface area contributed by atoms with Gasteiger partial charge in [-0.1, -0.05) is 17.7 Å². The Labute approximate surface area is 125 Å². The third-order valence-electron chi connectivity index (χ3n) is 2.71. The zero-order valence-corrected chi connectivity index (χ0v) is 11.5. The standard InChI is InChI=1S/C14H10ClN3O3/c15-12-6-13(17-7-16-12)18-14(19)4-2-9-1-3-10-11(5-9)21-8-20-10/h1-7H,8H2,(H,16,17,18,19)/b4-2+. The second-order valence-corrected chi connectivity index (χ2v) is 4.55. The number of rotatable bonds is 3. The van der Waals surface area contributed by atoms with Gasteiger partial charge in [0.25, 0.3) is 0 Å². The number of nitrogens with zero attached hydrogens (tertiary/aromatic N) is 2. The summed E-state index contributed by atoms with van der Waals surface area (Å²) < 4.78 is 10.5. The fourth-order valence-electron chi connectivity index (χ4n) is 1.76. The average Bonchev–Trinajstić information content (AvgIpc) is 2.92. The normalized spacial score (nSPS) is 12.6. The summed E-state index contributed by atoms with van der Waals surface area (Å²) in [5, 5.41) is 2.85. The molecule has 0 saturated heterocycles. The minimum Gasteiger partial charge on any atom is -0.454 e. The van der Waals surface area contributed by atoms with E-state index < -0.39 is 0 Å². The fraction of sp³-hybridized carbons (Fsp3) is 0.0714. The second kappa shape index (κ2) is 5.80. The molecule has 7 heteroatoms. The van der Waals surface area contributed by atoms with Gasteiger partial charge in [-0.2, -0.15) is 0 Å². The van der Waals surface area contributed by atoms with Crippen molar-refractivity contribution in [1.29, 1.82) is 0 Å². The van der Waals surface area contributed by atoms with E-state index in [1.807, 2.05) is 6.07 Å². The summed E-state index contributed by atoms with van der Waals surface area (Å²) in [7, 11) is 0. The van der Waals surface area contributed by atoms with Gasteiger partial charge in [0.2, 0.25) is 12.7 Å². The minimum absolute atomic E-state index is 0.220. The number of hydrogen-bond acceptors (Lipinski definition) is 5. The van der Waals surface area contributed by atoms with Crippen LogP contribution in [0.5, 0.6) is 11.5 Å². The first-order valence-corrected chi connectivity index (χ1v) is 6.45. The molecule has 1 N–H and O–H groups in total. The van der Waals surface area contributed by atoms with Crippen molar-refractivity contribution in [3.63, 3.8) is 0 Å². The zero-order chi connectivity index (χ0) is 14.7. The number of amides is 1. The molecule has 1 aromatic heterocycles. The van der Waals surface area contributed by atoms with Crippen LogP contribution < -0.4 is 14.8 Å². The molecular formula is C14H10ClN3O3. The molecular weight excluding hydrogens is 294 g/mol. The molecule has 0 aliphatic carbocycles. The topological polar surface area (TPSA) is 73.3 Å². The number of aromatic nitrogens is 2. The van der Waals surface area contributed by atoms with Crippen LogP contribution in [0.25, 0.3) is 6.08 Å². The predicted octanol–water partition coefficient (Wildman–Crippen LogP) is 2.51. The largest absolute Gasteiger partial charge is 0.454 e. The van der Waals surface area contributed by atoms with Crippen molar-refractivity contribution in [1.82, 2.24) is 9.97 Å². The molecule has 6 nitrogen and oxygen atoms in total. The highest BCUT2D eigenvalue weighted by molar-refractivity contribution is 6.29. The van der Waals surface area contributed by atoms with Crippen LogP contribution in [0.4, 0.5) is 5.82 Å². The minimum atomic E-state index is -0.317. The molecule has 3 rings (SSSR count). The first-order chi connectivity index (χ1) is 10.2. The maximum Gasteiger partial charge on any atom is 0.249 e. The van der Waals surface area contributed by atoms with Crippen LogP contribution in [0.3, 0.4) is 0 Å². The Morgan fingerprint density at radius 1 is 1.24 bits per heavy atom. The Kier molecular flexibility index (Phi) is 3.70. The van der Waals surface area contributed by atoms with E-state index in [0.717, 1.165) is 5.56 Å². The van der Waals surface area contributed by atoms with Gasteiger partial charge in [0.1, 0.15) is 17.3 Å². The second-order valence-electron chi connectivity index (χ2n) is 4.16. The van der Waals surface area contributed by atoms with E-state index in [2.05, 4.69) is 15.3 Å². The van der Waals surface area contributed by atoms with E-state index in [-0.39, 0.29) is 17.9 Å². The van der Waals surface area contributed by atoms with Gasteiger partial charge in [0, 0.05) is 12.1 Å². The third kappa shape index (κ3) is 3.29. The summed E-state index contributed by atoms with van der Waals surface area (Å²) in [6, 6.07) is 6.89. The maximum absolute atomic E-state index is 11.8. The van der Waals surface area contributed by atoms with Crippen LogP contribution >= 0.6 is 11.6 Å². The third-order valence-corrected chi connectivity index (χ3v) is 2.92. The van der Waals surface area contributed by atoms with E-state index in [1.54, 1.807) is 18.2 Å². The van der Waals surface area contributed by atoms with Gasteiger partial charge in [0.05, 0.1) is 0 Å². The lowest BCUT2D eigenvalue weighted by Crippen LogP contribution is -2.09. The van der Waals surface area contributed by atoms with Crippen molar-refractivity contribution in [2.24, 2.45) is 0 Å². The molecule has 21 heavy (non-hydrogen) atoms. The number of halogens is 1. The van der Waals surface area contributed by atoms with Gasteiger partial charge in [0.15, 0.2) is 11.5 Å². The Bertz CT molecular complexity index is 718. The summed E-state index contributed by atoms with van der Waals surface area (Å²) in [6.45, 7) is 0.220. The van der Waals surface area contributed by atoms with Crippen LogP contribution in [-0.2, 0) is 4.79 Å². The maximum atomic E-state index is 11.8. The van der Waals surface area contributed by atoms with Crippen molar-refractivity contribution in [3.05, 3.63) is 47.4 Å². The first kappa shape index (κ1) is 13.4. The predicted molar refractivity (Wildman–Crippen MR) is 77.3 cm³/mol. The van der Waals surface area contributed by atoms with Gasteiger partial charge in [-0.3, -0.25) is 4.79 Å². The van der Waals surface area contributed by atoms with Gasteiger partial charge in [-0.15, -0.1) is 0 Å². The van der Waals surface area contributed by atoms with Crippen LogP contribution in [0.2, 0.25) is 5.15 Å². The first-order valence-electron chi connectivity index (χ1n) is 6.07. The van der Waals surface area contributed by atoms with Crippen LogP contribution in [0, 0.1) is 0 Å². The molecule has 0 spiro atoms. The number of carbonyl (C=O) groups is 1. The highest BCUT2D eigenvalue weighted by Gasteiger charge is 2.12. The Morgan fingerprint density at radius 3 is 2.95 bits per heavy atom. The number of nitrogens with one attached hydrogen (secondary N) is 1. The summed E-state index contributed by atoms with van der Waals surface area (Å²) in [4.78, 5) is 19.4. The summed E-state index contributed by atoms with van der Waals surface area (Å²) in [5.41, 5.74) is 0.829. The summed E-state index contributed by atoms with van der Waals surface area (Å²) in [5.74, 6) is 1.39. The molecule has 1 aliphatic rings. The molecule has 1 amide bonds. The number of benzene rings is 1. The van der Waals surface area contributed by atoms with Crippen LogP contribution in [0.15, 0.2) is 36.7 Å². The fourth-order valence-corrected chi connectivity index (χ4v) is 1.91. The number of carbonyl (C=O) groups excluding carboxylic acids is 1. The smallest absolute Gasteiger partial charge is 0.249 e. The Morgan fingerprint density at radius 2 is 2.10 bits per heavy atom. The molecule has 2 aromatic rings. The van der Waals surface area contributed by atoms with Gasteiger partial charge in [-0.05, 0) is 23.8 Å². The van der Waals surface area contributed by atoms with E-state index in [0.29, 0.717) is 17.3 Å². The molecule has 0 fully saturated rings. The van der Waals surface area contributed by atoms with E-state index in [4.69, 9.17) is 21.1 Å². The van der Waals surface area contributed by atoms with Gasteiger partial charge in [-0.25, -0.2) is 9.97 Å².